The summed E-state index contributed by atoms with van der Waals surface area (Å²) in [5, 5.41) is 3.93. The van der Waals surface area contributed by atoms with Gasteiger partial charge in [0, 0.05) is 11.6 Å². The van der Waals surface area contributed by atoms with Crippen LogP contribution in [0.15, 0.2) is 84.9 Å². The summed E-state index contributed by atoms with van der Waals surface area (Å²) in [7, 11) is 1.95. The molecule has 0 spiro atoms. The fraction of sp³-hybridized carbons (Fsp3) is 0.208. The lowest BCUT2D eigenvalue weighted by molar-refractivity contribution is -0.126. The van der Waals surface area contributed by atoms with E-state index in [0.717, 1.165) is 16.7 Å². The lowest BCUT2D eigenvalue weighted by Gasteiger charge is -2.27. The average Bonchev–Trinajstić information content (AvgIpc) is 2.72. The summed E-state index contributed by atoms with van der Waals surface area (Å²) < 4.78 is 0. The van der Waals surface area contributed by atoms with E-state index < -0.39 is 0 Å². The van der Waals surface area contributed by atoms with Crippen LogP contribution in [0.4, 0.5) is 0 Å². The minimum atomic E-state index is -0.283. The monoisotopic (exact) mass is 392 g/mol. The Kier molecular flexibility index (Phi) is 6.85. The molecule has 0 aliphatic heterocycles. The molecule has 0 bridgehead atoms. The molecule has 0 saturated carbocycles. The van der Waals surface area contributed by atoms with E-state index in [1.807, 2.05) is 104 Å². The number of nitrogens with zero attached hydrogens (tertiary/aromatic N) is 1. The Morgan fingerprint density at radius 3 is 2.04 bits per heavy atom. The van der Waals surface area contributed by atoms with Crippen LogP contribution in [0.5, 0.6) is 0 Å². The zero-order valence-electron chi connectivity index (χ0n) is 16.2. The molecule has 3 rings (SSSR count). The van der Waals surface area contributed by atoms with Gasteiger partial charge in [-0.2, -0.15) is 0 Å². The second-order valence-corrected chi connectivity index (χ2v) is 7.42. The summed E-state index contributed by atoms with van der Waals surface area (Å²) in [5.41, 5.74) is 3.20. The minimum absolute atomic E-state index is 0.0118. The van der Waals surface area contributed by atoms with Gasteiger partial charge in [-0.05, 0) is 42.8 Å². The highest BCUT2D eigenvalue weighted by Crippen LogP contribution is 2.22. The van der Waals surface area contributed by atoms with E-state index in [4.69, 9.17) is 11.6 Å². The van der Waals surface area contributed by atoms with E-state index in [1.165, 1.54) is 0 Å². The molecule has 0 aromatic heterocycles. The highest BCUT2D eigenvalue weighted by molar-refractivity contribution is 6.30. The van der Waals surface area contributed by atoms with Gasteiger partial charge in [-0.1, -0.05) is 84.4 Å². The van der Waals surface area contributed by atoms with Crippen LogP contribution >= 0.6 is 11.6 Å². The first-order valence-corrected chi connectivity index (χ1v) is 9.77. The predicted octanol–water partition coefficient (Wildman–Crippen LogP) is 5.07. The van der Waals surface area contributed by atoms with E-state index in [1.54, 1.807) is 0 Å². The summed E-state index contributed by atoms with van der Waals surface area (Å²) in [4.78, 5) is 15.0. The second kappa shape index (κ2) is 9.54. The van der Waals surface area contributed by atoms with Crippen LogP contribution in [0.25, 0.3) is 0 Å². The maximum Gasteiger partial charge on any atom is 0.237 e. The Labute approximate surface area is 172 Å². The maximum absolute atomic E-state index is 13.0. The van der Waals surface area contributed by atoms with Crippen molar-refractivity contribution >= 4 is 17.5 Å². The SMILES string of the molecule is C[C@H](C(=O)NC(c1ccccc1)c1ccccc1)N(C)Cc1cccc(Cl)c1. The van der Waals surface area contributed by atoms with Crippen molar-refractivity contribution in [1.82, 2.24) is 10.2 Å². The topological polar surface area (TPSA) is 32.3 Å². The Hall–Kier alpha value is -2.62. The smallest absolute Gasteiger partial charge is 0.237 e. The number of carbonyl (C=O) groups excluding carboxylic acids is 1. The molecule has 3 aromatic rings. The summed E-state index contributed by atoms with van der Waals surface area (Å²) in [6.07, 6.45) is 0. The minimum Gasteiger partial charge on any atom is -0.344 e. The third-order valence-corrected chi connectivity index (χ3v) is 5.15. The van der Waals surface area contributed by atoms with Crippen LogP contribution in [0, 0.1) is 0 Å². The van der Waals surface area contributed by atoms with Crippen molar-refractivity contribution in [3.8, 4) is 0 Å². The zero-order valence-corrected chi connectivity index (χ0v) is 16.9. The zero-order chi connectivity index (χ0) is 19.9. The second-order valence-electron chi connectivity index (χ2n) is 6.98. The largest absolute Gasteiger partial charge is 0.344 e. The lowest BCUT2D eigenvalue weighted by Crippen LogP contribution is -2.44. The van der Waals surface area contributed by atoms with Gasteiger partial charge in [0.05, 0.1) is 12.1 Å². The van der Waals surface area contributed by atoms with Crippen molar-refractivity contribution in [3.05, 3.63) is 107 Å². The molecule has 0 aliphatic rings. The molecular formula is C24H25ClN2O. The van der Waals surface area contributed by atoms with E-state index in [2.05, 4.69) is 5.32 Å². The third-order valence-electron chi connectivity index (χ3n) is 4.91. The Morgan fingerprint density at radius 1 is 0.929 bits per heavy atom. The first-order chi connectivity index (χ1) is 13.5. The first kappa shape index (κ1) is 20.1. The number of benzene rings is 3. The van der Waals surface area contributed by atoms with Crippen LogP contribution in [-0.4, -0.2) is 23.9 Å². The average molecular weight is 393 g/mol. The number of rotatable bonds is 7. The molecule has 0 radical (unpaired) electrons. The summed E-state index contributed by atoms with van der Waals surface area (Å²) in [6.45, 7) is 2.57. The van der Waals surface area contributed by atoms with Gasteiger partial charge in [0.1, 0.15) is 0 Å². The maximum atomic E-state index is 13.0. The molecule has 1 amide bonds. The Morgan fingerprint density at radius 2 is 1.50 bits per heavy atom. The number of hydrogen-bond donors (Lipinski definition) is 1. The normalized spacial score (nSPS) is 12.2. The predicted molar refractivity (Wildman–Crippen MR) is 115 cm³/mol. The van der Waals surface area contributed by atoms with Crippen LogP contribution in [0.2, 0.25) is 5.02 Å². The van der Waals surface area contributed by atoms with Gasteiger partial charge in [0.2, 0.25) is 5.91 Å². The molecule has 3 nitrogen and oxygen atoms in total. The van der Waals surface area contributed by atoms with E-state index in [0.29, 0.717) is 11.6 Å². The molecule has 3 aromatic carbocycles. The van der Waals surface area contributed by atoms with Gasteiger partial charge in [0.25, 0.3) is 0 Å². The first-order valence-electron chi connectivity index (χ1n) is 9.39. The molecule has 4 heteroatoms. The van der Waals surface area contributed by atoms with E-state index in [9.17, 15) is 4.79 Å². The number of hydrogen-bond acceptors (Lipinski definition) is 2. The van der Waals surface area contributed by atoms with E-state index >= 15 is 0 Å². The molecule has 1 N–H and O–H groups in total. The molecule has 0 unspecified atom stereocenters. The van der Waals surface area contributed by atoms with Crippen LogP contribution in [0.3, 0.4) is 0 Å². The quantitative estimate of drug-likeness (QED) is 0.609. The van der Waals surface area contributed by atoms with Crippen molar-refractivity contribution in [2.75, 3.05) is 7.05 Å². The van der Waals surface area contributed by atoms with Crippen molar-refractivity contribution in [3.63, 3.8) is 0 Å². The van der Waals surface area contributed by atoms with Gasteiger partial charge in [0.15, 0.2) is 0 Å². The van der Waals surface area contributed by atoms with Crippen molar-refractivity contribution in [2.24, 2.45) is 0 Å². The number of halogens is 1. The number of likely N-dealkylation sites (N-methyl/N-ethyl adjacent to an activating group) is 1. The molecule has 0 aliphatic carbocycles. The third kappa shape index (κ3) is 5.22. The molecule has 144 valence electrons. The molecule has 0 heterocycles. The summed E-state index contributed by atoms with van der Waals surface area (Å²) in [6, 6.07) is 27.4. The fourth-order valence-electron chi connectivity index (χ4n) is 3.17. The van der Waals surface area contributed by atoms with Crippen molar-refractivity contribution < 1.29 is 4.79 Å². The standard InChI is InChI=1S/C24H25ClN2O/c1-18(27(2)17-19-10-9-15-22(25)16-19)24(28)26-23(20-11-5-3-6-12-20)21-13-7-4-8-14-21/h3-16,18,23H,17H2,1-2H3,(H,26,28)/t18-/m1/s1. The molecule has 28 heavy (non-hydrogen) atoms. The summed E-state index contributed by atoms with van der Waals surface area (Å²) >= 11 is 6.08. The summed E-state index contributed by atoms with van der Waals surface area (Å²) in [5.74, 6) is -0.0118. The highest BCUT2D eigenvalue weighted by atomic mass is 35.5. The fourth-order valence-corrected chi connectivity index (χ4v) is 3.39. The van der Waals surface area contributed by atoms with Gasteiger partial charge in [-0.15, -0.1) is 0 Å². The van der Waals surface area contributed by atoms with Crippen LogP contribution < -0.4 is 5.32 Å². The lowest BCUT2D eigenvalue weighted by atomic mass is 9.98. The number of carbonyl (C=O) groups is 1. The van der Waals surface area contributed by atoms with Crippen molar-refractivity contribution in [1.29, 1.82) is 0 Å². The van der Waals surface area contributed by atoms with E-state index in [-0.39, 0.29) is 18.0 Å². The van der Waals surface area contributed by atoms with Crippen LogP contribution in [-0.2, 0) is 11.3 Å². The molecule has 0 fully saturated rings. The highest BCUT2D eigenvalue weighted by Gasteiger charge is 2.23. The molecule has 1 atom stereocenters. The van der Waals surface area contributed by atoms with Gasteiger partial charge >= 0.3 is 0 Å². The molecular weight excluding hydrogens is 368 g/mol. The Balaban J connectivity index is 1.74. The number of amides is 1. The van der Waals surface area contributed by atoms with Crippen LogP contribution in [0.1, 0.15) is 29.7 Å². The molecule has 0 saturated heterocycles. The van der Waals surface area contributed by atoms with Crippen molar-refractivity contribution in [2.45, 2.75) is 25.6 Å². The van der Waals surface area contributed by atoms with Gasteiger partial charge in [-0.25, -0.2) is 0 Å². The van der Waals surface area contributed by atoms with Gasteiger partial charge < -0.3 is 5.32 Å². The number of nitrogens with one attached hydrogen (secondary N) is 1. The van der Waals surface area contributed by atoms with Gasteiger partial charge in [-0.3, -0.25) is 9.69 Å². The Bertz CT molecular complexity index is 859.